The number of hydrogen-bond donors (Lipinski definition) is 4. The molecular weight excluding hydrogens is 690 g/mol. The Morgan fingerprint density at radius 2 is 1.81 bits per heavy atom. The number of aromatic amines is 2. The fraction of sp³-hybridized carbons (Fsp3) is 0.425. The molecule has 282 valence electrons. The summed E-state index contributed by atoms with van der Waals surface area (Å²) in [5.74, 6) is 2.14. The lowest BCUT2D eigenvalue weighted by Crippen LogP contribution is -2.51. The summed E-state index contributed by atoms with van der Waals surface area (Å²) in [7, 11) is 2.95. The van der Waals surface area contributed by atoms with E-state index >= 15 is 0 Å². The third-order valence-electron chi connectivity index (χ3n) is 11.1. The summed E-state index contributed by atoms with van der Waals surface area (Å²) in [5.41, 5.74) is 6.53. The number of rotatable bonds is 8. The average molecular weight is 736 g/mol. The quantitative estimate of drug-likeness (QED) is 0.136. The number of alkyl carbamates (subject to hydrolysis) is 1. The van der Waals surface area contributed by atoms with Gasteiger partial charge in [0.25, 0.3) is 0 Å². The van der Waals surface area contributed by atoms with Crippen LogP contribution < -0.4 is 10.1 Å². The summed E-state index contributed by atoms with van der Waals surface area (Å²) in [6, 6.07) is 13.2. The van der Waals surface area contributed by atoms with E-state index < -0.39 is 18.2 Å². The predicted octanol–water partition coefficient (Wildman–Crippen LogP) is 6.64. The van der Waals surface area contributed by atoms with Gasteiger partial charge in [0.15, 0.2) is 0 Å². The molecule has 3 amide bonds. The van der Waals surface area contributed by atoms with E-state index in [9.17, 15) is 19.5 Å². The van der Waals surface area contributed by atoms with E-state index in [-0.39, 0.29) is 35.7 Å². The second-order valence-corrected chi connectivity index (χ2v) is 15.2. The van der Waals surface area contributed by atoms with Gasteiger partial charge in [-0.05, 0) is 71.0 Å². The lowest BCUT2D eigenvalue weighted by molar-refractivity contribution is -0.135. The first-order valence-electron chi connectivity index (χ1n) is 18.4. The zero-order valence-corrected chi connectivity index (χ0v) is 31.0. The minimum absolute atomic E-state index is 0.106. The lowest BCUT2D eigenvalue weighted by atomic mass is 9.92. The number of fused-ring (bicyclic) bond motifs is 6. The molecule has 4 N–H and O–H groups in total. The second-order valence-electron chi connectivity index (χ2n) is 15.2. The molecule has 54 heavy (non-hydrogen) atoms. The van der Waals surface area contributed by atoms with Crippen LogP contribution in [0.15, 0.2) is 48.7 Å². The molecule has 0 bridgehead atoms. The van der Waals surface area contributed by atoms with Crippen molar-refractivity contribution in [2.45, 2.75) is 58.3 Å². The van der Waals surface area contributed by atoms with Gasteiger partial charge in [-0.2, -0.15) is 0 Å². The number of aromatic nitrogens is 4. The normalized spacial score (nSPS) is 21.3. The lowest BCUT2D eigenvalue weighted by Gasteiger charge is -2.30. The molecule has 4 unspecified atom stereocenters. The Bertz CT molecular complexity index is 2260. The summed E-state index contributed by atoms with van der Waals surface area (Å²) in [5, 5.41) is 14.4. The van der Waals surface area contributed by atoms with E-state index in [0.29, 0.717) is 44.4 Å². The summed E-state index contributed by atoms with van der Waals surface area (Å²) in [6.45, 7) is 7.71. The van der Waals surface area contributed by atoms with Gasteiger partial charge in [-0.1, -0.05) is 39.0 Å². The first kappa shape index (κ1) is 35.4. The van der Waals surface area contributed by atoms with Crippen LogP contribution in [0.1, 0.15) is 62.9 Å². The van der Waals surface area contributed by atoms with Crippen LogP contribution in [-0.4, -0.2) is 92.9 Å². The highest BCUT2D eigenvalue weighted by Gasteiger charge is 2.42. The number of methoxy groups -OCH3 is 2. The van der Waals surface area contributed by atoms with Crippen molar-refractivity contribution in [3.8, 4) is 28.1 Å². The zero-order chi connectivity index (χ0) is 37.8. The van der Waals surface area contributed by atoms with Gasteiger partial charge in [0.05, 0.1) is 48.7 Å². The summed E-state index contributed by atoms with van der Waals surface area (Å²) < 4.78 is 16.7. The van der Waals surface area contributed by atoms with Gasteiger partial charge in [0, 0.05) is 37.1 Å². The number of carbonyl (C=O) groups excluding carboxylic acids is 2. The molecule has 0 spiro atoms. The number of imidazole rings is 2. The van der Waals surface area contributed by atoms with E-state index in [2.05, 4.69) is 57.5 Å². The van der Waals surface area contributed by atoms with Gasteiger partial charge >= 0.3 is 12.2 Å². The number of carboxylic acid groups (broad SMARTS) is 1. The maximum atomic E-state index is 14.0. The number of amides is 3. The predicted molar refractivity (Wildman–Crippen MR) is 201 cm³/mol. The van der Waals surface area contributed by atoms with Crippen LogP contribution in [0, 0.1) is 17.8 Å². The first-order valence-corrected chi connectivity index (χ1v) is 18.4. The molecule has 3 aromatic carbocycles. The van der Waals surface area contributed by atoms with Crippen molar-refractivity contribution < 1.29 is 33.7 Å². The van der Waals surface area contributed by atoms with E-state index in [4.69, 9.17) is 19.2 Å². The molecule has 14 heteroatoms. The maximum Gasteiger partial charge on any atom is 0.407 e. The molecule has 0 saturated carbocycles. The summed E-state index contributed by atoms with van der Waals surface area (Å²) >= 11 is 0. The van der Waals surface area contributed by atoms with Crippen LogP contribution in [-0.2, 0) is 20.9 Å². The van der Waals surface area contributed by atoms with Crippen LogP contribution in [0.2, 0.25) is 0 Å². The molecule has 8 rings (SSSR count). The SMILES string of the molecule is COCC1CC(c2nc3c(ccc4cc5c(cc43)OCc3cc(-c4cnc(C6CC(C)CN6C(=O)O)[nH]4)ccc3-5)[nH]2)N(C(=O)[C@@H](NC(=O)OC)C(C)C)C1. The van der Waals surface area contributed by atoms with Crippen molar-refractivity contribution in [2.24, 2.45) is 17.8 Å². The first-order chi connectivity index (χ1) is 26.0. The second kappa shape index (κ2) is 14.0. The standard InChI is InChI=1S/C40H45N7O7/c1-20(2)34(45-39(49)53-5)38(48)46-17-22(18-52-4)11-32(46)37-42-29-9-7-23-13-28-26-8-6-24(12-25(26)19-54-33(28)14-27(23)35(29)44-37)30-15-41-36(43-30)31-10-21(3)16-47(31)40(50)51/h6-9,12-15,20-22,31-32,34H,10-11,16-19H2,1-5H3,(H,41,43)(H,42,44)(H,45,49)(H,50,51)/t21?,22?,31?,32?,34-/m0/s1. The molecule has 14 nitrogen and oxygen atoms in total. The molecule has 2 fully saturated rings. The number of carbonyl (C=O) groups is 3. The molecule has 3 aliphatic heterocycles. The number of benzene rings is 3. The number of likely N-dealkylation sites (tertiary alicyclic amines) is 2. The summed E-state index contributed by atoms with van der Waals surface area (Å²) in [4.78, 5) is 57.9. The minimum Gasteiger partial charge on any atom is -0.488 e. The Balaban J connectivity index is 1.09. The molecular formula is C40H45N7O7. The molecule has 2 saturated heterocycles. The zero-order valence-electron chi connectivity index (χ0n) is 31.0. The van der Waals surface area contributed by atoms with Crippen molar-refractivity contribution in [1.82, 2.24) is 35.1 Å². The number of nitrogens with one attached hydrogen (secondary N) is 3. The Labute approximate surface area is 312 Å². The molecule has 5 aromatic rings. The van der Waals surface area contributed by atoms with E-state index in [0.717, 1.165) is 61.9 Å². The van der Waals surface area contributed by atoms with Crippen LogP contribution in [0.3, 0.4) is 0 Å². The average Bonchev–Trinajstić information content (AvgIpc) is 3.98. The van der Waals surface area contributed by atoms with Crippen LogP contribution in [0.5, 0.6) is 5.75 Å². The molecule has 2 aromatic heterocycles. The Hall–Kier alpha value is -5.63. The van der Waals surface area contributed by atoms with Crippen LogP contribution >= 0.6 is 0 Å². The van der Waals surface area contributed by atoms with Gasteiger partial charge < -0.3 is 39.5 Å². The Morgan fingerprint density at radius 1 is 1.00 bits per heavy atom. The van der Waals surface area contributed by atoms with Crippen molar-refractivity contribution in [2.75, 3.05) is 33.9 Å². The van der Waals surface area contributed by atoms with Crippen LogP contribution in [0.25, 0.3) is 44.2 Å². The highest BCUT2D eigenvalue weighted by molar-refractivity contribution is 6.07. The van der Waals surface area contributed by atoms with Crippen LogP contribution in [0.4, 0.5) is 9.59 Å². The van der Waals surface area contributed by atoms with Gasteiger partial charge in [-0.3, -0.25) is 9.69 Å². The van der Waals surface area contributed by atoms with Gasteiger partial charge in [0.2, 0.25) is 5.91 Å². The fourth-order valence-corrected chi connectivity index (χ4v) is 8.46. The third kappa shape index (κ3) is 6.27. The van der Waals surface area contributed by atoms with Crippen molar-refractivity contribution in [1.29, 1.82) is 0 Å². The largest absolute Gasteiger partial charge is 0.488 e. The number of H-pyrrole nitrogens is 2. The summed E-state index contributed by atoms with van der Waals surface area (Å²) in [6.07, 6.45) is 1.60. The van der Waals surface area contributed by atoms with E-state index in [1.54, 1.807) is 13.3 Å². The molecule has 0 radical (unpaired) electrons. The minimum atomic E-state index is -0.928. The molecule has 5 heterocycles. The molecule has 5 atom stereocenters. The Morgan fingerprint density at radius 3 is 2.57 bits per heavy atom. The van der Waals surface area contributed by atoms with Crippen molar-refractivity contribution in [3.63, 3.8) is 0 Å². The number of nitrogens with zero attached hydrogens (tertiary/aromatic N) is 4. The monoisotopic (exact) mass is 735 g/mol. The fourth-order valence-electron chi connectivity index (χ4n) is 8.46. The maximum absolute atomic E-state index is 14.0. The smallest absolute Gasteiger partial charge is 0.407 e. The van der Waals surface area contributed by atoms with E-state index in [1.807, 2.05) is 30.9 Å². The molecule has 0 aliphatic carbocycles. The van der Waals surface area contributed by atoms with Gasteiger partial charge in [0.1, 0.15) is 30.0 Å². The highest BCUT2D eigenvalue weighted by atomic mass is 16.5. The third-order valence-corrected chi connectivity index (χ3v) is 11.1. The van der Waals surface area contributed by atoms with E-state index in [1.165, 1.54) is 12.0 Å². The van der Waals surface area contributed by atoms with Gasteiger partial charge in [-0.15, -0.1) is 0 Å². The Kier molecular flexibility index (Phi) is 9.16. The van der Waals surface area contributed by atoms with Crippen molar-refractivity contribution >= 4 is 39.9 Å². The van der Waals surface area contributed by atoms with Crippen molar-refractivity contribution in [3.05, 3.63) is 65.9 Å². The number of ether oxygens (including phenoxy) is 3. The number of hydrogen-bond acceptors (Lipinski definition) is 8. The molecule has 3 aliphatic rings. The highest BCUT2D eigenvalue weighted by Crippen LogP contribution is 2.44. The van der Waals surface area contributed by atoms with Gasteiger partial charge in [-0.25, -0.2) is 19.6 Å². The topological polar surface area (TPSA) is 175 Å².